The number of aromatic nitrogens is 2. The van der Waals surface area contributed by atoms with Crippen LogP contribution in [-0.2, 0) is 0 Å². The molecule has 1 amide bonds. The summed E-state index contributed by atoms with van der Waals surface area (Å²) < 4.78 is 3.04. The van der Waals surface area contributed by atoms with Crippen molar-refractivity contribution < 1.29 is 4.79 Å². The lowest BCUT2D eigenvalue weighted by Crippen LogP contribution is -2.38. The molecule has 30 heavy (non-hydrogen) atoms. The number of carbonyl (C=O) groups is 1. The molecular formula is C21H19Cl3N4OS. The first-order valence-electron chi connectivity index (χ1n) is 9.46. The first-order valence-corrected chi connectivity index (χ1v) is 11.0. The lowest BCUT2D eigenvalue weighted by Gasteiger charge is -2.25. The van der Waals surface area contributed by atoms with Gasteiger partial charge in [-0.2, -0.15) is 5.10 Å². The van der Waals surface area contributed by atoms with Gasteiger partial charge < -0.3 is 0 Å². The molecule has 0 saturated carbocycles. The summed E-state index contributed by atoms with van der Waals surface area (Å²) >= 11 is 23.1. The van der Waals surface area contributed by atoms with Crippen LogP contribution in [0.2, 0.25) is 15.1 Å². The molecule has 2 aromatic carbocycles. The number of rotatable bonds is 4. The fraction of sp³-hybridized carbons (Fsp3) is 0.238. The Kier molecular flexibility index (Phi) is 6.32. The van der Waals surface area contributed by atoms with Gasteiger partial charge in [0.1, 0.15) is 0 Å². The maximum Gasteiger partial charge on any atom is 0.299 e. The van der Waals surface area contributed by atoms with Gasteiger partial charge in [0.15, 0.2) is 5.69 Å². The van der Waals surface area contributed by atoms with E-state index in [4.69, 9.17) is 34.8 Å². The number of thiol groups is 1. The van der Waals surface area contributed by atoms with E-state index in [-0.39, 0.29) is 5.91 Å². The number of carbonyl (C=O) groups excluding carboxylic acids is 1. The third kappa shape index (κ3) is 4.07. The van der Waals surface area contributed by atoms with Crippen molar-refractivity contribution >= 4 is 53.5 Å². The Morgan fingerprint density at radius 1 is 1.03 bits per heavy atom. The smallest absolute Gasteiger partial charge is 0.265 e. The zero-order valence-electron chi connectivity index (χ0n) is 16.1. The molecule has 0 radical (unpaired) electrons. The number of halogens is 3. The van der Waals surface area contributed by atoms with Gasteiger partial charge in [0, 0.05) is 34.3 Å². The molecule has 2 heterocycles. The molecule has 1 saturated heterocycles. The van der Waals surface area contributed by atoms with Crippen LogP contribution in [0.25, 0.3) is 16.9 Å². The Labute approximate surface area is 195 Å². The predicted octanol–water partition coefficient (Wildman–Crippen LogP) is 6.11. The number of nitrogens with zero attached hydrogens (tertiary/aromatic N) is 4. The average Bonchev–Trinajstić information content (AvgIpc) is 3.36. The topological polar surface area (TPSA) is 41.4 Å². The van der Waals surface area contributed by atoms with E-state index in [1.165, 1.54) is 4.41 Å². The fourth-order valence-corrected chi connectivity index (χ4v) is 4.47. The first kappa shape index (κ1) is 21.5. The van der Waals surface area contributed by atoms with E-state index < -0.39 is 0 Å². The lowest BCUT2D eigenvalue weighted by atomic mass is 10.1. The molecule has 9 heteroatoms. The number of amides is 1. The van der Waals surface area contributed by atoms with E-state index in [0.717, 1.165) is 42.8 Å². The second-order valence-corrected chi connectivity index (χ2v) is 8.75. The predicted molar refractivity (Wildman–Crippen MR) is 125 cm³/mol. The second-order valence-electron chi connectivity index (χ2n) is 7.09. The van der Waals surface area contributed by atoms with Gasteiger partial charge in [0.25, 0.3) is 5.91 Å². The van der Waals surface area contributed by atoms with Crippen LogP contribution in [0.4, 0.5) is 0 Å². The second kappa shape index (κ2) is 8.81. The van der Waals surface area contributed by atoms with Crippen molar-refractivity contribution in [1.29, 1.82) is 0 Å². The molecule has 1 aliphatic heterocycles. The third-order valence-electron chi connectivity index (χ3n) is 5.11. The molecule has 0 unspecified atom stereocenters. The highest BCUT2D eigenvalue weighted by molar-refractivity contribution is 7.78. The minimum atomic E-state index is -0.281. The van der Waals surface area contributed by atoms with Crippen molar-refractivity contribution in [3.8, 4) is 16.9 Å². The van der Waals surface area contributed by atoms with Crippen LogP contribution in [0.5, 0.6) is 0 Å². The minimum Gasteiger partial charge on any atom is -0.265 e. The molecule has 0 spiro atoms. The van der Waals surface area contributed by atoms with Gasteiger partial charge >= 0.3 is 0 Å². The largest absolute Gasteiger partial charge is 0.299 e. The normalized spacial score (nSPS) is 14.3. The van der Waals surface area contributed by atoms with Crippen LogP contribution < -0.4 is 0 Å². The summed E-state index contributed by atoms with van der Waals surface area (Å²) in [5, 5.41) is 8.15. The lowest BCUT2D eigenvalue weighted by molar-refractivity contribution is 0.0533. The molecule has 156 valence electrons. The van der Waals surface area contributed by atoms with Gasteiger partial charge in [0.2, 0.25) is 0 Å². The maximum absolute atomic E-state index is 13.2. The Bertz CT molecular complexity index is 1090. The van der Waals surface area contributed by atoms with Crippen molar-refractivity contribution in [2.75, 3.05) is 13.1 Å². The summed E-state index contributed by atoms with van der Waals surface area (Å²) in [4.78, 5) is 13.2. The highest BCUT2D eigenvalue weighted by atomic mass is 35.5. The van der Waals surface area contributed by atoms with E-state index in [0.29, 0.717) is 26.4 Å². The van der Waals surface area contributed by atoms with Crippen molar-refractivity contribution in [2.45, 2.75) is 19.8 Å². The average molecular weight is 482 g/mol. The summed E-state index contributed by atoms with van der Waals surface area (Å²) in [5.74, 6) is -0.281. The molecule has 4 rings (SSSR count). The van der Waals surface area contributed by atoms with Crippen LogP contribution in [0.3, 0.4) is 0 Å². The van der Waals surface area contributed by atoms with Gasteiger partial charge in [-0.15, -0.1) is 0 Å². The van der Waals surface area contributed by atoms with E-state index >= 15 is 0 Å². The minimum absolute atomic E-state index is 0.281. The molecule has 5 nitrogen and oxygen atoms in total. The highest BCUT2D eigenvalue weighted by Crippen LogP contribution is 2.34. The number of hydrogen-bond donors (Lipinski definition) is 1. The standard InChI is InChI=1S/C21H19Cl3N4OS/c1-13-19(21(29)28(30)26-10-2-3-11-26)25-27(18-9-8-16(23)12-17(18)24)20(13)14-4-6-15(22)7-5-14/h4-9,12,30H,2-3,10-11H2,1H3. The molecule has 0 bridgehead atoms. The molecule has 0 aliphatic carbocycles. The monoisotopic (exact) mass is 480 g/mol. The highest BCUT2D eigenvalue weighted by Gasteiger charge is 2.29. The molecule has 0 atom stereocenters. The van der Waals surface area contributed by atoms with E-state index in [9.17, 15) is 4.79 Å². The molecule has 1 fully saturated rings. The van der Waals surface area contributed by atoms with Gasteiger partial charge in [-0.25, -0.2) is 14.1 Å². The van der Waals surface area contributed by atoms with Crippen LogP contribution >= 0.6 is 47.6 Å². The molecule has 3 aromatic rings. The van der Waals surface area contributed by atoms with Gasteiger partial charge in [-0.1, -0.05) is 46.9 Å². The van der Waals surface area contributed by atoms with E-state index in [2.05, 4.69) is 17.9 Å². The number of hydrogen-bond acceptors (Lipinski definition) is 4. The zero-order chi connectivity index (χ0) is 21.4. The summed E-state index contributed by atoms with van der Waals surface area (Å²) in [6.45, 7) is 3.46. The Morgan fingerprint density at radius 2 is 1.67 bits per heavy atom. The summed E-state index contributed by atoms with van der Waals surface area (Å²) in [6.07, 6.45) is 2.07. The summed E-state index contributed by atoms with van der Waals surface area (Å²) in [6, 6.07) is 12.5. The van der Waals surface area contributed by atoms with Crippen molar-refractivity contribution in [2.24, 2.45) is 0 Å². The third-order valence-corrected chi connectivity index (χ3v) is 6.34. The Balaban J connectivity index is 1.86. The Hall–Kier alpha value is -1.70. The van der Waals surface area contributed by atoms with E-state index in [1.54, 1.807) is 35.0 Å². The van der Waals surface area contributed by atoms with Crippen LogP contribution in [-0.4, -0.2) is 38.2 Å². The fourth-order valence-electron chi connectivity index (χ4n) is 3.59. The van der Waals surface area contributed by atoms with Crippen LogP contribution in [0, 0.1) is 6.92 Å². The van der Waals surface area contributed by atoms with Crippen molar-refractivity contribution in [3.05, 3.63) is 68.8 Å². The van der Waals surface area contributed by atoms with Crippen LogP contribution in [0.15, 0.2) is 42.5 Å². The van der Waals surface area contributed by atoms with Gasteiger partial charge in [0.05, 0.1) is 16.4 Å². The summed E-state index contributed by atoms with van der Waals surface area (Å²) in [5.41, 5.74) is 3.28. The van der Waals surface area contributed by atoms with Gasteiger partial charge in [-0.3, -0.25) is 4.79 Å². The number of hydrazine groups is 1. The molecule has 1 aromatic heterocycles. The SMILES string of the molecule is Cc1c(C(=O)N(S)N2CCCC2)nn(-c2ccc(Cl)cc2Cl)c1-c1ccc(Cl)cc1. The zero-order valence-corrected chi connectivity index (χ0v) is 19.3. The van der Waals surface area contributed by atoms with Gasteiger partial charge in [-0.05, 0) is 62.9 Å². The van der Waals surface area contributed by atoms with Crippen molar-refractivity contribution in [1.82, 2.24) is 19.2 Å². The Morgan fingerprint density at radius 3 is 2.30 bits per heavy atom. The first-order chi connectivity index (χ1) is 14.4. The number of benzene rings is 2. The van der Waals surface area contributed by atoms with E-state index in [1.807, 2.05) is 24.1 Å². The molecular weight excluding hydrogens is 463 g/mol. The van der Waals surface area contributed by atoms with Crippen molar-refractivity contribution in [3.63, 3.8) is 0 Å². The quantitative estimate of drug-likeness (QED) is 0.457. The van der Waals surface area contributed by atoms with Crippen LogP contribution in [0.1, 0.15) is 28.9 Å². The summed E-state index contributed by atoms with van der Waals surface area (Å²) in [7, 11) is 0. The molecule has 1 aliphatic rings. The molecule has 0 N–H and O–H groups in total. The maximum atomic E-state index is 13.2.